The average molecular weight is 493 g/mol. The number of ether oxygens (including phenoxy) is 2. The van der Waals surface area contributed by atoms with Crippen molar-refractivity contribution in [2.45, 2.75) is 31.8 Å². The minimum atomic E-state index is -0.142. The molecule has 184 valence electrons. The van der Waals surface area contributed by atoms with Crippen LogP contribution in [-0.4, -0.2) is 49.8 Å². The zero-order valence-electron chi connectivity index (χ0n) is 20.0. The number of carbonyl (C=O) groups excluding carboxylic acids is 1. The molecule has 1 atom stereocenters. The van der Waals surface area contributed by atoms with Crippen LogP contribution in [0.3, 0.4) is 0 Å². The number of para-hydroxylation sites is 1. The highest BCUT2D eigenvalue weighted by atomic mass is 35.5. The first-order valence-corrected chi connectivity index (χ1v) is 12.7. The number of nitrogens with one attached hydrogen (secondary N) is 1. The first kappa shape index (κ1) is 25.2. The Hall–Kier alpha value is -2.86. The Kier molecular flexibility index (Phi) is 9.58. The second-order valence-corrected chi connectivity index (χ2v) is 9.26. The highest BCUT2D eigenvalue weighted by Crippen LogP contribution is 2.21. The molecule has 0 saturated carbocycles. The molecule has 0 saturated heterocycles. The number of amides is 1. The monoisotopic (exact) mass is 492 g/mol. The summed E-state index contributed by atoms with van der Waals surface area (Å²) in [4.78, 5) is 15.3. The van der Waals surface area contributed by atoms with Crippen LogP contribution in [-0.2, 0) is 17.7 Å². The van der Waals surface area contributed by atoms with Gasteiger partial charge in [-0.2, -0.15) is 0 Å². The molecular formula is C29H33ClN2O3. The third kappa shape index (κ3) is 7.82. The average Bonchev–Trinajstić information content (AvgIpc) is 2.89. The minimum Gasteiger partial charge on any atom is -0.491 e. The maximum absolute atomic E-state index is 12.8. The van der Waals surface area contributed by atoms with Crippen molar-refractivity contribution in [1.29, 1.82) is 0 Å². The molecule has 0 radical (unpaired) electrons. The Morgan fingerprint density at radius 2 is 1.66 bits per heavy atom. The molecule has 6 heteroatoms. The van der Waals surface area contributed by atoms with E-state index in [1.165, 1.54) is 11.1 Å². The van der Waals surface area contributed by atoms with Gasteiger partial charge in [-0.15, -0.1) is 0 Å². The summed E-state index contributed by atoms with van der Waals surface area (Å²) < 4.78 is 12.1. The maximum atomic E-state index is 12.8. The molecule has 0 bridgehead atoms. The van der Waals surface area contributed by atoms with Gasteiger partial charge in [0.15, 0.2) is 0 Å². The summed E-state index contributed by atoms with van der Waals surface area (Å²) in [6, 6.07) is 26.1. The number of nitrogens with zero attached hydrogens (tertiary/aromatic N) is 1. The summed E-state index contributed by atoms with van der Waals surface area (Å²) in [6.07, 6.45) is 2.82. The molecule has 1 amide bonds. The molecule has 4 rings (SSSR count). The van der Waals surface area contributed by atoms with Crippen molar-refractivity contribution in [1.82, 2.24) is 10.2 Å². The number of fused-ring (bicyclic) bond motifs is 1. The number of carbonyl (C=O) groups is 1. The molecule has 35 heavy (non-hydrogen) atoms. The molecular weight excluding hydrogens is 460 g/mol. The van der Waals surface area contributed by atoms with Crippen LogP contribution in [0.5, 0.6) is 5.75 Å². The SMILES string of the molecule is O=C1NCCOCCCCN(Cc2ccc(Cl)cc2)[C@@H](Cc2ccccc2)COc2ccccc21. The molecule has 1 aliphatic heterocycles. The van der Waals surface area contributed by atoms with Gasteiger partial charge in [0.25, 0.3) is 5.91 Å². The van der Waals surface area contributed by atoms with Crippen molar-refractivity contribution in [2.24, 2.45) is 0 Å². The van der Waals surface area contributed by atoms with Gasteiger partial charge < -0.3 is 14.8 Å². The normalized spacial score (nSPS) is 18.4. The van der Waals surface area contributed by atoms with Crippen LogP contribution in [0.2, 0.25) is 5.02 Å². The molecule has 0 spiro atoms. The molecule has 0 aromatic heterocycles. The van der Waals surface area contributed by atoms with Crippen LogP contribution in [0.1, 0.15) is 34.3 Å². The third-order valence-electron chi connectivity index (χ3n) is 6.21. The van der Waals surface area contributed by atoms with Crippen molar-refractivity contribution in [3.63, 3.8) is 0 Å². The van der Waals surface area contributed by atoms with Crippen LogP contribution in [0, 0.1) is 0 Å². The van der Waals surface area contributed by atoms with Crippen molar-refractivity contribution < 1.29 is 14.3 Å². The second kappa shape index (κ2) is 13.3. The summed E-state index contributed by atoms with van der Waals surface area (Å²) in [5, 5.41) is 3.68. The highest BCUT2D eigenvalue weighted by molar-refractivity contribution is 6.30. The van der Waals surface area contributed by atoms with E-state index in [0.29, 0.717) is 37.7 Å². The fourth-order valence-electron chi connectivity index (χ4n) is 4.31. The zero-order chi connectivity index (χ0) is 24.3. The van der Waals surface area contributed by atoms with Gasteiger partial charge in [-0.1, -0.05) is 66.2 Å². The summed E-state index contributed by atoms with van der Waals surface area (Å²) in [6.45, 7) is 3.85. The molecule has 0 fully saturated rings. The van der Waals surface area contributed by atoms with E-state index in [1.54, 1.807) is 6.07 Å². The van der Waals surface area contributed by atoms with Crippen molar-refractivity contribution in [2.75, 3.05) is 32.9 Å². The Balaban J connectivity index is 1.61. The van der Waals surface area contributed by atoms with Gasteiger partial charge in [-0.25, -0.2) is 0 Å². The van der Waals surface area contributed by atoms with E-state index >= 15 is 0 Å². The lowest BCUT2D eigenvalue weighted by molar-refractivity contribution is 0.0908. The molecule has 3 aromatic rings. The van der Waals surface area contributed by atoms with Gasteiger partial charge in [0.1, 0.15) is 12.4 Å². The maximum Gasteiger partial charge on any atom is 0.255 e. The van der Waals surface area contributed by atoms with E-state index in [2.05, 4.69) is 46.6 Å². The molecule has 1 heterocycles. The summed E-state index contributed by atoms with van der Waals surface area (Å²) >= 11 is 6.13. The van der Waals surface area contributed by atoms with Crippen LogP contribution in [0.15, 0.2) is 78.9 Å². The Morgan fingerprint density at radius 1 is 0.886 bits per heavy atom. The lowest BCUT2D eigenvalue weighted by Gasteiger charge is -2.32. The number of hydrogen-bond donors (Lipinski definition) is 1. The third-order valence-corrected chi connectivity index (χ3v) is 6.46. The fraction of sp³-hybridized carbons (Fsp3) is 0.345. The van der Waals surface area contributed by atoms with Crippen LogP contribution < -0.4 is 10.1 Å². The van der Waals surface area contributed by atoms with E-state index in [9.17, 15) is 4.79 Å². The zero-order valence-corrected chi connectivity index (χ0v) is 20.8. The Labute approximate surface area is 213 Å². The Bertz CT molecular complexity index is 1060. The van der Waals surface area contributed by atoms with Gasteiger partial charge >= 0.3 is 0 Å². The summed E-state index contributed by atoms with van der Waals surface area (Å²) in [5.41, 5.74) is 3.01. The standard InChI is InChI=1S/C29H33ClN2O3/c30-25-14-12-24(13-15-25)21-32-17-6-7-18-34-19-16-31-29(33)27-10-4-5-11-28(27)35-22-26(32)20-23-8-2-1-3-9-23/h1-5,8-15,26H,6-7,16-22H2,(H,31,33)/t26-/m0/s1. The molecule has 0 aliphatic carbocycles. The van der Waals surface area contributed by atoms with Gasteiger partial charge in [0, 0.05) is 30.8 Å². The number of halogens is 1. The van der Waals surface area contributed by atoms with Crippen molar-refractivity contribution in [3.05, 3.63) is 101 Å². The van der Waals surface area contributed by atoms with E-state index in [0.717, 1.165) is 37.4 Å². The lowest BCUT2D eigenvalue weighted by Crippen LogP contribution is -2.41. The highest BCUT2D eigenvalue weighted by Gasteiger charge is 2.22. The molecule has 3 aromatic carbocycles. The van der Waals surface area contributed by atoms with Gasteiger partial charge in [0.05, 0.1) is 12.2 Å². The number of hydrogen-bond acceptors (Lipinski definition) is 4. The van der Waals surface area contributed by atoms with Crippen LogP contribution in [0.4, 0.5) is 0 Å². The van der Waals surface area contributed by atoms with E-state index < -0.39 is 0 Å². The largest absolute Gasteiger partial charge is 0.491 e. The van der Waals surface area contributed by atoms with Gasteiger partial charge in [0.2, 0.25) is 0 Å². The smallest absolute Gasteiger partial charge is 0.255 e. The summed E-state index contributed by atoms with van der Waals surface area (Å²) in [5.74, 6) is 0.460. The topological polar surface area (TPSA) is 50.8 Å². The quantitative estimate of drug-likeness (QED) is 0.531. The van der Waals surface area contributed by atoms with E-state index in [1.807, 2.05) is 36.4 Å². The van der Waals surface area contributed by atoms with E-state index in [4.69, 9.17) is 21.1 Å². The van der Waals surface area contributed by atoms with Crippen molar-refractivity contribution >= 4 is 17.5 Å². The van der Waals surface area contributed by atoms with Crippen LogP contribution >= 0.6 is 11.6 Å². The number of rotatable bonds is 4. The first-order chi connectivity index (χ1) is 17.2. The minimum absolute atomic E-state index is 0.121. The predicted octanol–water partition coefficient (Wildman–Crippen LogP) is 5.37. The Morgan fingerprint density at radius 3 is 2.49 bits per heavy atom. The van der Waals surface area contributed by atoms with E-state index in [-0.39, 0.29) is 11.9 Å². The second-order valence-electron chi connectivity index (χ2n) is 8.82. The summed E-state index contributed by atoms with van der Waals surface area (Å²) in [7, 11) is 0. The number of benzene rings is 3. The fourth-order valence-corrected chi connectivity index (χ4v) is 4.44. The molecule has 1 aliphatic rings. The molecule has 5 nitrogen and oxygen atoms in total. The van der Waals surface area contributed by atoms with Crippen LogP contribution in [0.25, 0.3) is 0 Å². The molecule has 1 N–H and O–H groups in total. The lowest BCUT2D eigenvalue weighted by atomic mass is 10.0. The molecule has 0 unspecified atom stereocenters. The first-order valence-electron chi connectivity index (χ1n) is 12.3. The van der Waals surface area contributed by atoms with Gasteiger partial charge in [-0.05, 0) is 61.2 Å². The van der Waals surface area contributed by atoms with Crippen molar-refractivity contribution in [3.8, 4) is 5.75 Å². The predicted molar refractivity (Wildman–Crippen MR) is 140 cm³/mol. The van der Waals surface area contributed by atoms with Gasteiger partial charge in [-0.3, -0.25) is 9.69 Å².